The Morgan fingerprint density at radius 2 is 0.742 bits per heavy atom. The first kappa shape index (κ1) is 67.6. The smallest absolute Gasteiger partial charge is 0.182 e. The number of H-pyrrole nitrogens is 3. The zero-order valence-corrected chi connectivity index (χ0v) is 52.9. The van der Waals surface area contributed by atoms with Gasteiger partial charge in [-0.25, -0.2) is 14.0 Å². The molecule has 0 spiro atoms. The van der Waals surface area contributed by atoms with Gasteiger partial charge in [-0.15, -0.1) is 30.6 Å². The first-order valence-electron chi connectivity index (χ1n) is 30.6. The molecule has 3 aliphatic rings. The molecule has 0 saturated carbocycles. The average Bonchev–Trinajstić information content (AvgIpc) is 1.65. The van der Waals surface area contributed by atoms with Crippen LogP contribution < -0.4 is 0 Å². The van der Waals surface area contributed by atoms with Crippen molar-refractivity contribution in [1.29, 1.82) is 0 Å². The molecule has 0 atom stereocenters. The van der Waals surface area contributed by atoms with E-state index in [1.807, 2.05) is 124 Å². The maximum Gasteiger partial charge on any atom is 0.182 e. The number of nitrogens with one attached hydrogen (secondary N) is 3. The van der Waals surface area contributed by atoms with Gasteiger partial charge in [0.05, 0.1) is 62.2 Å². The van der Waals surface area contributed by atoms with Gasteiger partial charge in [-0.1, -0.05) is 148 Å². The molecule has 3 aliphatic heterocycles. The molecule has 25 heteroatoms. The summed E-state index contributed by atoms with van der Waals surface area (Å²) in [4.78, 5) is 20.7. The van der Waals surface area contributed by atoms with E-state index in [0.29, 0.717) is 37.8 Å². The molecule has 0 amide bonds. The molecule has 486 valence electrons. The second-order valence-electron chi connectivity index (χ2n) is 23.1. The largest absolute Gasteiger partial charge is 0.367 e. The van der Waals surface area contributed by atoms with E-state index in [-0.39, 0.29) is 22.3 Å². The monoisotopic (exact) mass is 1310 g/mol. The van der Waals surface area contributed by atoms with Gasteiger partial charge in [0.15, 0.2) is 16.9 Å². The number of aromatic nitrogens is 16. The van der Waals surface area contributed by atoms with E-state index in [4.69, 9.17) is 50.1 Å². The Morgan fingerprint density at radius 1 is 0.366 bits per heavy atom. The van der Waals surface area contributed by atoms with Crippen LogP contribution in [0, 0.1) is 0 Å². The fourth-order valence-corrected chi connectivity index (χ4v) is 12.6. The number of fused-ring (bicyclic) bond motifs is 3. The van der Waals surface area contributed by atoms with Crippen LogP contribution in [0.25, 0.3) is 101 Å². The molecule has 3 N–H and O–H groups in total. The Morgan fingerprint density at radius 3 is 1.09 bits per heavy atom. The second-order valence-corrected chi connectivity index (χ2v) is 24.2. The molecular weight excluding hydrogens is 1230 g/mol. The van der Waals surface area contributed by atoms with Crippen LogP contribution in [0.3, 0.4) is 0 Å². The number of rotatable bonds is 15. The van der Waals surface area contributed by atoms with Crippen molar-refractivity contribution in [2.45, 2.75) is 41.9 Å². The molecular formula is C68H83Cl3N22. The number of benzene rings is 3. The molecule has 3 aromatic carbocycles. The number of nitrogens with zero attached hydrogens (tertiary/aromatic N) is 19. The molecule has 12 aromatic rings. The first-order chi connectivity index (χ1) is 44.1. The molecule has 3 fully saturated rings. The van der Waals surface area contributed by atoms with Crippen LogP contribution in [0.1, 0.15) is 22.3 Å². The Labute approximate surface area is 558 Å². The first-order valence-corrected chi connectivity index (χ1v) is 31.7. The predicted molar refractivity (Wildman–Crippen MR) is 376 cm³/mol. The predicted octanol–water partition coefficient (Wildman–Crippen LogP) is 11.5. The summed E-state index contributed by atoms with van der Waals surface area (Å²) in [5.74, 6) is 0. The summed E-state index contributed by atoms with van der Waals surface area (Å²) in [6.07, 6.45) is 7.26. The maximum atomic E-state index is 6.88. The fourth-order valence-electron chi connectivity index (χ4n) is 11.7. The molecule has 3 saturated heterocycles. The van der Waals surface area contributed by atoms with Crippen molar-refractivity contribution in [2.75, 3.05) is 119 Å². The van der Waals surface area contributed by atoms with E-state index >= 15 is 0 Å². The van der Waals surface area contributed by atoms with Crippen molar-refractivity contribution in [3.05, 3.63) is 155 Å². The number of aromatic amines is 3. The summed E-state index contributed by atoms with van der Waals surface area (Å²) in [5, 5.41) is 52.8. The summed E-state index contributed by atoms with van der Waals surface area (Å²) in [6, 6.07) is 38.0. The van der Waals surface area contributed by atoms with Crippen LogP contribution in [-0.2, 0) is 19.6 Å². The van der Waals surface area contributed by atoms with E-state index < -0.39 is 0 Å². The van der Waals surface area contributed by atoms with Gasteiger partial charge in [0.2, 0.25) is 0 Å². The number of piperazine rings is 3. The summed E-state index contributed by atoms with van der Waals surface area (Å²) in [6.45, 7) is 18.0. The molecule has 12 heterocycles. The highest BCUT2D eigenvalue weighted by atomic mass is 35.5. The third-order valence-electron chi connectivity index (χ3n) is 17.1. The summed E-state index contributed by atoms with van der Waals surface area (Å²) in [5.41, 5.74) is 12.1. The molecule has 22 nitrogen and oxygen atoms in total. The van der Waals surface area contributed by atoms with Gasteiger partial charge in [-0.2, -0.15) is 20.4 Å². The minimum atomic E-state index is 0. The summed E-state index contributed by atoms with van der Waals surface area (Å²) in [7, 11) is 6.51. The van der Waals surface area contributed by atoms with Crippen molar-refractivity contribution >= 4 is 67.9 Å². The molecule has 0 aliphatic carbocycles. The lowest BCUT2D eigenvalue weighted by Crippen LogP contribution is -2.45. The Kier molecular flexibility index (Phi) is 22.6. The lowest BCUT2D eigenvalue weighted by molar-refractivity contribution is 0.149. The van der Waals surface area contributed by atoms with Gasteiger partial charge in [-0.05, 0) is 45.4 Å². The minimum absolute atomic E-state index is 0. The summed E-state index contributed by atoms with van der Waals surface area (Å²) >= 11 is 20.6. The quantitative estimate of drug-likeness (QED) is 0.0871. The number of hydrogen-bond acceptors (Lipinski definition) is 16. The number of halogens is 3. The fraction of sp³-hybridized carbons (Fsp3) is 0.353. The van der Waals surface area contributed by atoms with Gasteiger partial charge in [0.25, 0.3) is 0 Å². The second kappa shape index (κ2) is 31.1. The summed E-state index contributed by atoms with van der Waals surface area (Å²) < 4.78 is 5.84. The van der Waals surface area contributed by atoms with Gasteiger partial charge in [0.1, 0.15) is 34.2 Å². The molecule has 15 rings (SSSR count). The zero-order chi connectivity index (χ0) is 61.5. The van der Waals surface area contributed by atoms with Crippen LogP contribution >= 0.6 is 34.8 Å². The third kappa shape index (κ3) is 15.0. The van der Waals surface area contributed by atoms with Crippen LogP contribution in [0.4, 0.5) is 0 Å². The minimum Gasteiger partial charge on any atom is -0.367 e. The van der Waals surface area contributed by atoms with Gasteiger partial charge < -0.3 is 24.7 Å². The Hall–Kier alpha value is -8.29. The highest BCUT2D eigenvalue weighted by Gasteiger charge is 2.26. The van der Waals surface area contributed by atoms with E-state index in [1.165, 1.54) is 0 Å². The SMILES string of the molecule is C.C.C.CN1CCN(CCn2nc(-c3ccccc3)c3c(Cl)c(-c4cc[nH]c4)nnc32)CC1.CN1CCN(CCn2nc(-c3ccccc3)c3c(Cl)c(-c4ccc[nH]4)nnc32)CC1.CN1CCN(CCn2nc(-c3ccccc3)c3c(Cl)c(-c4ccn[nH]4)nnc32)CC1. The van der Waals surface area contributed by atoms with Crippen LogP contribution in [0.2, 0.25) is 15.1 Å². The lowest BCUT2D eigenvalue weighted by atomic mass is 10.1. The number of hydrogen-bond donors (Lipinski definition) is 3. The van der Waals surface area contributed by atoms with E-state index in [0.717, 1.165) is 196 Å². The highest BCUT2D eigenvalue weighted by molar-refractivity contribution is 6.39. The van der Waals surface area contributed by atoms with Crippen molar-refractivity contribution in [3.8, 4) is 67.8 Å². The van der Waals surface area contributed by atoms with E-state index in [2.05, 4.69) is 126 Å². The Balaban J connectivity index is 0.000000150. The third-order valence-corrected chi connectivity index (χ3v) is 18.2. The molecule has 93 heavy (non-hydrogen) atoms. The van der Waals surface area contributed by atoms with E-state index in [9.17, 15) is 0 Å². The van der Waals surface area contributed by atoms with Crippen LogP contribution in [0.15, 0.2) is 140 Å². The van der Waals surface area contributed by atoms with Crippen LogP contribution in [0.5, 0.6) is 0 Å². The van der Waals surface area contributed by atoms with Crippen molar-refractivity contribution in [2.24, 2.45) is 0 Å². The standard InChI is InChI=1S/2C22H24ClN7.C21H23ClN8.3CH4/c1-28-10-12-29(13-11-28)14-15-30-22-18(20(27-30)16-6-3-2-4-7-16)19(23)21(25-26-22)17-8-5-9-24-17;1-28-9-11-29(12-10-28)13-14-30-22-18(20(27-30)16-5-3-2-4-6-16)19(23)21(25-26-22)17-7-8-24-15-17;1-28-9-11-29(12-10-28)13-14-30-21-17(19(27-30)15-5-3-2-4-6-15)18(22)20(25-26-21)16-7-8-23-24-16;;;/h2-9,24H,10-15H2,1H3;2-8,15,24H,9-14H2,1H3;2-8H,9-14H2,1H3,(H,23,24);3*1H4. The molecule has 0 bridgehead atoms. The van der Waals surface area contributed by atoms with Crippen LogP contribution in [-0.4, -0.2) is 229 Å². The topological polar surface area (TPSA) is 210 Å². The van der Waals surface area contributed by atoms with Crippen molar-refractivity contribution < 1.29 is 0 Å². The van der Waals surface area contributed by atoms with Crippen molar-refractivity contribution in [3.63, 3.8) is 0 Å². The zero-order valence-electron chi connectivity index (χ0n) is 50.6. The molecule has 9 aromatic heterocycles. The van der Waals surface area contributed by atoms with Gasteiger partial charge in [-0.3, -0.25) is 19.8 Å². The molecule has 0 radical (unpaired) electrons. The normalized spacial score (nSPS) is 15.3. The molecule has 0 unspecified atom stereocenters. The maximum absolute atomic E-state index is 6.88. The number of likely N-dealkylation sites (N-methyl/N-ethyl adjacent to an activating group) is 3. The van der Waals surface area contributed by atoms with Gasteiger partial charge >= 0.3 is 0 Å². The highest BCUT2D eigenvalue weighted by Crippen LogP contribution is 2.40. The average molecular weight is 1310 g/mol. The Bertz CT molecular complexity index is 3830. The van der Waals surface area contributed by atoms with Crippen molar-refractivity contribution in [1.82, 2.24) is 109 Å². The lowest BCUT2D eigenvalue weighted by Gasteiger charge is -2.32. The van der Waals surface area contributed by atoms with E-state index in [1.54, 1.807) is 6.20 Å². The van der Waals surface area contributed by atoms with Gasteiger partial charge in [0, 0.05) is 145 Å².